The molecule has 2 heteroatoms. The molecule has 0 amide bonds. The summed E-state index contributed by atoms with van der Waals surface area (Å²) in [4.78, 5) is 4.73. The van der Waals surface area contributed by atoms with E-state index in [4.69, 9.17) is 4.84 Å². The summed E-state index contributed by atoms with van der Waals surface area (Å²) in [5, 5.41) is 0. The molecule has 2 nitrogen and oxygen atoms in total. The molecule has 0 aromatic heterocycles. The number of hydrogen-bond donors (Lipinski definition) is 1. The van der Waals surface area contributed by atoms with Gasteiger partial charge in [-0.25, -0.2) is 5.48 Å². The van der Waals surface area contributed by atoms with Gasteiger partial charge in [0.05, 0.1) is 6.61 Å². The Balaban J connectivity index is -0.0000000493. The minimum atomic E-state index is 0.802. The summed E-state index contributed by atoms with van der Waals surface area (Å²) >= 11 is 0. The molecule has 0 radical (unpaired) electrons. The van der Waals surface area contributed by atoms with Gasteiger partial charge in [0.15, 0.2) is 0 Å². The molecule has 0 aromatic rings. The van der Waals surface area contributed by atoms with Gasteiger partial charge in [0, 0.05) is 7.05 Å². The van der Waals surface area contributed by atoms with Crippen molar-refractivity contribution in [1.29, 1.82) is 0 Å². The summed E-state index contributed by atoms with van der Waals surface area (Å²) < 4.78 is 0. The van der Waals surface area contributed by atoms with Gasteiger partial charge in [0.2, 0.25) is 0 Å². The zero-order valence-electron chi connectivity index (χ0n) is 11.0. The van der Waals surface area contributed by atoms with Crippen LogP contribution in [-0.4, -0.2) is 13.7 Å². The molecule has 0 aromatic carbocycles. The molecule has 0 aliphatic heterocycles. The van der Waals surface area contributed by atoms with Crippen LogP contribution < -0.4 is 5.48 Å². The largest absolute Gasteiger partial charge is 0.302 e. The van der Waals surface area contributed by atoms with Crippen LogP contribution in [0.15, 0.2) is 0 Å². The third-order valence-corrected chi connectivity index (χ3v) is 0.451. The first-order valence-corrected chi connectivity index (χ1v) is 5.61. The smallest absolute Gasteiger partial charge is 0.0679 e. The lowest BCUT2D eigenvalue weighted by molar-refractivity contribution is 0.0585. The van der Waals surface area contributed by atoms with Crippen molar-refractivity contribution < 1.29 is 4.84 Å². The van der Waals surface area contributed by atoms with Crippen molar-refractivity contribution in [2.75, 3.05) is 13.7 Å². The quantitative estimate of drug-likeness (QED) is 0.540. The predicted molar refractivity (Wildman–Crippen MR) is 64.0 cm³/mol. The number of hydrogen-bond acceptors (Lipinski definition) is 2. The van der Waals surface area contributed by atoms with Crippen molar-refractivity contribution in [3.05, 3.63) is 0 Å². The molecule has 0 rings (SSSR count). The second-order valence-corrected chi connectivity index (χ2v) is 1.76. The molecule has 0 saturated heterocycles. The maximum absolute atomic E-state index is 4.73. The first kappa shape index (κ1) is 23.1. The Hall–Kier alpha value is -0.0800. The summed E-state index contributed by atoms with van der Waals surface area (Å²) in [6.45, 7) is 15.1. The predicted octanol–water partition coefficient (Wildman–Crippen LogP) is 4.02. The summed E-state index contributed by atoms with van der Waals surface area (Å²) in [6.07, 6.45) is 2.32. The van der Waals surface area contributed by atoms with Crippen LogP contribution in [0.3, 0.4) is 0 Å². The van der Waals surface area contributed by atoms with Crippen molar-refractivity contribution in [2.45, 2.75) is 61.3 Å². The van der Waals surface area contributed by atoms with E-state index in [0.29, 0.717) is 0 Å². The fourth-order valence-electron chi connectivity index (χ4n) is 0.204. The Labute approximate surface area is 86.0 Å². The van der Waals surface area contributed by atoms with Gasteiger partial charge >= 0.3 is 0 Å². The van der Waals surface area contributed by atoms with Crippen molar-refractivity contribution in [2.24, 2.45) is 0 Å². The van der Waals surface area contributed by atoms with E-state index in [1.54, 1.807) is 7.05 Å². The van der Waals surface area contributed by atoms with Gasteiger partial charge in [-0.3, -0.25) is 0 Å². The lowest BCUT2D eigenvalue weighted by Crippen LogP contribution is -2.06. The fraction of sp³-hybridized carbons (Fsp3) is 1.00. The van der Waals surface area contributed by atoms with Crippen molar-refractivity contribution in [1.82, 2.24) is 5.48 Å². The Bertz CT molecular complexity index is 29.3. The topological polar surface area (TPSA) is 21.3 Å². The second-order valence-electron chi connectivity index (χ2n) is 1.76. The highest BCUT2D eigenvalue weighted by Gasteiger charge is 1.71. The third kappa shape index (κ3) is 138. The van der Waals surface area contributed by atoms with Gasteiger partial charge < -0.3 is 4.84 Å². The molecule has 0 atom stereocenters. The molecule has 0 fully saturated rings. The summed E-state index contributed by atoms with van der Waals surface area (Å²) in [5.41, 5.74) is 2.57. The molecule has 0 aliphatic rings. The van der Waals surface area contributed by atoms with E-state index in [1.165, 1.54) is 6.42 Å². The standard InChI is InChI=1S/C4H11NO.C3H8.2C2H6/c1-3-4-6-5-2;1-3-2;2*1-2/h5H,3-4H2,1-2H3;3H2,1-2H3;2*1-2H3. The molecule has 0 unspecified atom stereocenters. The monoisotopic (exact) mass is 193 g/mol. The van der Waals surface area contributed by atoms with Crippen molar-refractivity contribution in [3.8, 4) is 0 Å². The number of nitrogens with one attached hydrogen (secondary N) is 1. The molecular formula is C11H31NO. The van der Waals surface area contributed by atoms with Gasteiger partial charge in [0.25, 0.3) is 0 Å². The van der Waals surface area contributed by atoms with E-state index in [0.717, 1.165) is 13.0 Å². The van der Waals surface area contributed by atoms with E-state index in [9.17, 15) is 0 Å². The van der Waals surface area contributed by atoms with Crippen LogP contribution in [0.5, 0.6) is 0 Å². The van der Waals surface area contributed by atoms with Gasteiger partial charge in [0.1, 0.15) is 0 Å². The first-order valence-electron chi connectivity index (χ1n) is 5.61. The summed E-state index contributed by atoms with van der Waals surface area (Å²) in [5.74, 6) is 0. The Morgan fingerprint density at radius 2 is 1.23 bits per heavy atom. The first-order chi connectivity index (χ1) is 6.33. The van der Waals surface area contributed by atoms with Crippen molar-refractivity contribution in [3.63, 3.8) is 0 Å². The van der Waals surface area contributed by atoms with Crippen LogP contribution >= 0.6 is 0 Å². The minimum absolute atomic E-state index is 0.802. The Morgan fingerprint density at radius 3 is 1.31 bits per heavy atom. The highest BCUT2D eigenvalue weighted by atomic mass is 16.6. The molecule has 1 N–H and O–H groups in total. The van der Waals surface area contributed by atoms with Gasteiger partial charge in [-0.05, 0) is 6.42 Å². The molecule has 0 saturated carbocycles. The number of hydroxylamine groups is 1. The fourth-order valence-corrected chi connectivity index (χ4v) is 0.204. The van der Waals surface area contributed by atoms with Crippen LogP contribution in [0.4, 0.5) is 0 Å². The summed E-state index contributed by atoms with van der Waals surface area (Å²) in [7, 11) is 1.76. The molecule has 0 spiro atoms. The van der Waals surface area contributed by atoms with Crippen LogP contribution in [0.25, 0.3) is 0 Å². The van der Waals surface area contributed by atoms with Crippen LogP contribution in [0, 0.1) is 0 Å². The Kier molecular flexibility index (Phi) is 104. The zero-order chi connectivity index (χ0) is 11.5. The normalized spacial score (nSPS) is 6.46. The van der Waals surface area contributed by atoms with E-state index < -0.39 is 0 Å². The average Bonchev–Trinajstić information content (AvgIpc) is 2.22. The molecular weight excluding hydrogens is 162 g/mol. The van der Waals surface area contributed by atoms with Crippen LogP contribution in [-0.2, 0) is 4.84 Å². The Morgan fingerprint density at radius 1 is 0.923 bits per heavy atom. The zero-order valence-corrected chi connectivity index (χ0v) is 11.0. The van der Waals surface area contributed by atoms with Crippen LogP contribution in [0.2, 0.25) is 0 Å². The lowest BCUT2D eigenvalue weighted by atomic mass is 10.5. The van der Waals surface area contributed by atoms with Gasteiger partial charge in [-0.1, -0.05) is 54.9 Å². The summed E-state index contributed by atoms with van der Waals surface area (Å²) in [6, 6.07) is 0. The lowest BCUT2D eigenvalue weighted by Gasteiger charge is -1.93. The minimum Gasteiger partial charge on any atom is -0.302 e. The number of rotatable bonds is 3. The maximum atomic E-state index is 4.73. The molecule has 86 valence electrons. The van der Waals surface area contributed by atoms with Gasteiger partial charge in [-0.15, -0.1) is 0 Å². The average molecular weight is 193 g/mol. The molecule has 0 heterocycles. The van der Waals surface area contributed by atoms with E-state index >= 15 is 0 Å². The van der Waals surface area contributed by atoms with E-state index in [-0.39, 0.29) is 0 Å². The van der Waals surface area contributed by atoms with E-state index in [1.807, 2.05) is 27.7 Å². The highest BCUT2D eigenvalue weighted by Crippen LogP contribution is 1.70. The van der Waals surface area contributed by atoms with Crippen molar-refractivity contribution >= 4 is 0 Å². The molecule has 0 bridgehead atoms. The van der Waals surface area contributed by atoms with E-state index in [2.05, 4.69) is 26.3 Å². The SMILES string of the molecule is CC.CC.CCC.CCCONC. The second kappa shape index (κ2) is 58.7. The molecule has 0 aliphatic carbocycles. The van der Waals surface area contributed by atoms with Gasteiger partial charge in [-0.2, -0.15) is 0 Å². The highest BCUT2D eigenvalue weighted by molar-refractivity contribution is 4.15. The molecule has 13 heavy (non-hydrogen) atoms. The third-order valence-electron chi connectivity index (χ3n) is 0.451. The maximum Gasteiger partial charge on any atom is 0.0679 e. The van der Waals surface area contributed by atoms with Crippen LogP contribution in [0.1, 0.15) is 61.3 Å².